The maximum atomic E-state index is 10.9. The molecular weight excluding hydrogens is 474 g/mol. The summed E-state index contributed by atoms with van der Waals surface area (Å²) >= 11 is 0. The second-order valence-electron chi connectivity index (χ2n) is 13.9. The Morgan fingerprint density at radius 3 is 2.68 bits per heavy atom. The first kappa shape index (κ1) is 26.3. The van der Waals surface area contributed by atoms with Crippen LogP contribution in [0.2, 0.25) is 0 Å². The van der Waals surface area contributed by atoms with Gasteiger partial charge in [-0.25, -0.2) is 4.98 Å². The molecule has 1 N–H and O–H groups in total. The number of fused-ring (bicyclic) bond motifs is 6. The summed E-state index contributed by atoms with van der Waals surface area (Å²) in [6, 6.07) is 8.11. The number of rotatable bonds is 8. The van der Waals surface area contributed by atoms with Gasteiger partial charge in [-0.15, -0.1) is 0 Å². The Bertz CT molecular complexity index is 1110. The summed E-state index contributed by atoms with van der Waals surface area (Å²) in [5.41, 5.74) is 2.80. The number of nitrogens with zero attached hydrogens (tertiary/aromatic N) is 1. The molecule has 0 amide bonds. The van der Waals surface area contributed by atoms with Crippen molar-refractivity contribution in [3.05, 3.63) is 30.2 Å². The SMILES string of the molecule is CC(CCc1nc2ccccc2o1)C1CCC2C3CCC4CC(OCCC(=O)O)CCC4(C)C3CCC12C. The van der Waals surface area contributed by atoms with Gasteiger partial charge in [0.25, 0.3) is 0 Å². The molecule has 0 radical (unpaired) electrons. The van der Waals surface area contributed by atoms with Gasteiger partial charge in [0, 0.05) is 6.42 Å². The fraction of sp³-hybridized carbons (Fsp3) is 0.758. The monoisotopic (exact) mass is 521 g/mol. The predicted octanol–water partition coefficient (Wildman–Crippen LogP) is 7.92. The number of benzene rings is 1. The molecule has 5 heteroatoms. The molecule has 9 unspecified atom stereocenters. The molecule has 4 saturated carbocycles. The Hall–Kier alpha value is -1.88. The third-order valence-corrected chi connectivity index (χ3v) is 12.2. The number of oxazole rings is 1. The molecule has 9 atom stereocenters. The minimum Gasteiger partial charge on any atom is -0.481 e. The molecular formula is C33H47NO4. The Balaban J connectivity index is 1.09. The van der Waals surface area contributed by atoms with Gasteiger partial charge in [0.05, 0.1) is 19.1 Å². The number of carboxylic acid groups (broad SMARTS) is 1. The van der Waals surface area contributed by atoms with Crippen molar-refractivity contribution in [1.29, 1.82) is 0 Å². The van der Waals surface area contributed by atoms with Crippen LogP contribution in [0.3, 0.4) is 0 Å². The lowest BCUT2D eigenvalue weighted by atomic mass is 9.44. The highest BCUT2D eigenvalue weighted by atomic mass is 16.5. The molecule has 4 fully saturated rings. The fourth-order valence-corrected chi connectivity index (χ4v) is 10.2. The fourth-order valence-electron chi connectivity index (χ4n) is 10.2. The highest BCUT2D eigenvalue weighted by Crippen LogP contribution is 2.68. The molecule has 2 aromatic rings. The van der Waals surface area contributed by atoms with E-state index < -0.39 is 5.97 Å². The van der Waals surface area contributed by atoms with Gasteiger partial charge in [-0.2, -0.15) is 0 Å². The number of aliphatic carboxylic acids is 1. The Labute approximate surface area is 228 Å². The summed E-state index contributed by atoms with van der Waals surface area (Å²) in [6.45, 7) is 8.13. The number of aromatic nitrogens is 1. The van der Waals surface area contributed by atoms with Crippen LogP contribution in [0.15, 0.2) is 28.7 Å². The first-order valence-corrected chi connectivity index (χ1v) is 15.5. The van der Waals surface area contributed by atoms with Crippen LogP contribution in [-0.2, 0) is 16.0 Å². The molecule has 1 aromatic carbocycles. The Kier molecular flexibility index (Phi) is 7.12. The standard InChI is InChI=1S/C33H47NO4/c1-21(8-13-30-34-28-6-4-5-7-29(28)38-30)25-11-12-26-24-10-9-22-20-23(37-19-16-31(35)36)14-17-32(22,2)27(24)15-18-33(25,26)3/h4-7,21-27H,8-20H2,1-3H3,(H,35,36). The van der Waals surface area contributed by atoms with Crippen molar-refractivity contribution in [3.8, 4) is 0 Å². The first-order chi connectivity index (χ1) is 18.3. The lowest BCUT2D eigenvalue weighted by Gasteiger charge is -2.61. The molecule has 0 spiro atoms. The largest absolute Gasteiger partial charge is 0.481 e. The second kappa shape index (κ2) is 10.3. The van der Waals surface area contributed by atoms with Crippen LogP contribution in [-0.4, -0.2) is 28.8 Å². The van der Waals surface area contributed by atoms with Crippen LogP contribution in [0, 0.1) is 46.3 Å². The average molecular weight is 522 g/mol. The van der Waals surface area contributed by atoms with E-state index in [4.69, 9.17) is 19.2 Å². The van der Waals surface area contributed by atoms with E-state index in [9.17, 15) is 4.79 Å². The molecule has 4 aliphatic rings. The van der Waals surface area contributed by atoms with Crippen molar-refractivity contribution in [2.24, 2.45) is 46.3 Å². The van der Waals surface area contributed by atoms with Crippen molar-refractivity contribution >= 4 is 17.1 Å². The third-order valence-electron chi connectivity index (χ3n) is 12.2. The number of para-hydroxylation sites is 2. The quantitative estimate of drug-likeness (QED) is 0.382. The maximum Gasteiger partial charge on any atom is 0.305 e. The van der Waals surface area contributed by atoms with Crippen LogP contribution < -0.4 is 0 Å². The van der Waals surface area contributed by atoms with Crippen molar-refractivity contribution in [2.75, 3.05) is 6.61 Å². The van der Waals surface area contributed by atoms with Crippen LogP contribution in [0.1, 0.15) is 97.3 Å². The molecule has 0 bridgehead atoms. The van der Waals surface area contributed by atoms with Gasteiger partial charge in [-0.1, -0.05) is 32.9 Å². The van der Waals surface area contributed by atoms with E-state index in [1.54, 1.807) is 0 Å². The molecule has 1 heterocycles. The van der Waals surface area contributed by atoms with Crippen LogP contribution in [0.25, 0.3) is 11.1 Å². The topological polar surface area (TPSA) is 72.6 Å². The lowest BCUT2D eigenvalue weighted by molar-refractivity contribution is -0.144. The van der Waals surface area contributed by atoms with E-state index in [0.717, 1.165) is 72.3 Å². The zero-order valence-electron chi connectivity index (χ0n) is 23.7. The van der Waals surface area contributed by atoms with Crippen LogP contribution >= 0.6 is 0 Å². The molecule has 38 heavy (non-hydrogen) atoms. The van der Waals surface area contributed by atoms with E-state index in [2.05, 4.69) is 20.8 Å². The van der Waals surface area contributed by atoms with Crippen molar-refractivity contribution < 1.29 is 19.1 Å². The minimum atomic E-state index is -0.758. The molecule has 6 rings (SSSR count). The molecule has 0 saturated heterocycles. The van der Waals surface area contributed by atoms with Gasteiger partial charge in [-0.05, 0) is 123 Å². The highest BCUT2D eigenvalue weighted by molar-refractivity contribution is 5.72. The smallest absolute Gasteiger partial charge is 0.305 e. The zero-order valence-corrected chi connectivity index (χ0v) is 23.7. The molecule has 208 valence electrons. The number of carbonyl (C=O) groups is 1. The zero-order chi connectivity index (χ0) is 26.5. The predicted molar refractivity (Wildman–Crippen MR) is 149 cm³/mol. The Morgan fingerprint density at radius 1 is 1.08 bits per heavy atom. The summed E-state index contributed by atoms with van der Waals surface area (Å²) in [5.74, 6) is 5.00. The van der Waals surface area contributed by atoms with Crippen molar-refractivity contribution in [2.45, 2.75) is 104 Å². The summed E-state index contributed by atoms with van der Waals surface area (Å²) in [7, 11) is 0. The third kappa shape index (κ3) is 4.61. The summed E-state index contributed by atoms with van der Waals surface area (Å²) in [4.78, 5) is 15.6. The van der Waals surface area contributed by atoms with Gasteiger partial charge in [0.1, 0.15) is 5.52 Å². The molecule has 1 aromatic heterocycles. The first-order valence-electron chi connectivity index (χ1n) is 15.5. The van der Waals surface area contributed by atoms with Gasteiger partial charge < -0.3 is 14.3 Å². The minimum absolute atomic E-state index is 0.123. The Morgan fingerprint density at radius 2 is 1.87 bits per heavy atom. The van der Waals surface area contributed by atoms with Crippen molar-refractivity contribution in [3.63, 3.8) is 0 Å². The number of aryl methyl sites for hydroxylation is 1. The number of hydrogen-bond acceptors (Lipinski definition) is 4. The number of carboxylic acids is 1. The van der Waals surface area contributed by atoms with Crippen LogP contribution in [0.5, 0.6) is 0 Å². The second-order valence-corrected chi connectivity index (χ2v) is 13.9. The van der Waals surface area contributed by atoms with E-state index in [0.29, 0.717) is 23.4 Å². The van der Waals surface area contributed by atoms with E-state index in [1.165, 1.54) is 44.9 Å². The van der Waals surface area contributed by atoms with Crippen LogP contribution in [0.4, 0.5) is 0 Å². The molecule has 5 nitrogen and oxygen atoms in total. The lowest BCUT2D eigenvalue weighted by Crippen LogP contribution is -2.54. The number of ether oxygens (including phenoxy) is 1. The molecule has 4 aliphatic carbocycles. The van der Waals surface area contributed by atoms with E-state index in [-0.39, 0.29) is 12.5 Å². The van der Waals surface area contributed by atoms with Crippen molar-refractivity contribution in [1.82, 2.24) is 4.98 Å². The highest BCUT2D eigenvalue weighted by Gasteiger charge is 2.60. The summed E-state index contributed by atoms with van der Waals surface area (Å²) in [6.07, 6.45) is 14.3. The average Bonchev–Trinajstić information content (AvgIpc) is 3.47. The van der Waals surface area contributed by atoms with Gasteiger partial charge in [0.15, 0.2) is 11.5 Å². The van der Waals surface area contributed by atoms with E-state index >= 15 is 0 Å². The van der Waals surface area contributed by atoms with Gasteiger partial charge >= 0.3 is 5.97 Å². The van der Waals surface area contributed by atoms with Gasteiger partial charge in [-0.3, -0.25) is 4.79 Å². The number of hydrogen-bond donors (Lipinski definition) is 1. The summed E-state index contributed by atoms with van der Waals surface area (Å²) in [5, 5.41) is 8.97. The van der Waals surface area contributed by atoms with Gasteiger partial charge in [0.2, 0.25) is 0 Å². The maximum absolute atomic E-state index is 10.9. The van der Waals surface area contributed by atoms with E-state index in [1.807, 2.05) is 24.3 Å². The molecule has 0 aliphatic heterocycles. The normalized spacial score (nSPS) is 39.3. The summed E-state index contributed by atoms with van der Waals surface area (Å²) < 4.78 is 12.1.